The molecule has 0 aliphatic rings. The van der Waals surface area contributed by atoms with Crippen LogP contribution in [0.1, 0.15) is 29.2 Å². The molecule has 0 fully saturated rings. The van der Waals surface area contributed by atoms with Gasteiger partial charge in [-0.3, -0.25) is 24.5 Å². The number of hydrogen-bond donors (Lipinski definition) is 2. The van der Waals surface area contributed by atoms with E-state index in [0.29, 0.717) is 10.9 Å². The molecule has 10 heteroatoms. The van der Waals surface area contributed by atoms with Crippen molar-refractivity contribution in [3.63, 3.8) is 0 Å². The van der Waals surface area contributed by atoms with E-state index < -0.39 is 29.4 Å². The van der Waals surface area contributed by atoms with E-state index in [-0.39, 0.29) is 22.6 Å². The van der Waals surface area contributed by atoms with Crippen LogP contribution in [0.2, 0.25) is 0 Å². The number of hydrogen-bond acceptors (Lipinski definition) is 7. The molecular weight excluding hydrogens is 380 g/mol. The minimum Gasteiger partial charge on any atom is -0.453 e. The summed E-state index contributed by atoms with van der Waals surface area (Å²) >= 11 is 0. The molecular formula is C19H16N4O6. The van der Waals surface area contributed by atoms with Crippen molar-refractivity contribution in [1.29, 1.82) is 0 Å². The average molecular weight is 396 g/mol. The molecule has 1 heterocycles. The van der Waals surface area contributed by atoms with Gasteiger partial charge in [-0.15, -0.1) is 0 Å². The molecule has 2 N–H and O–H groups in total. The van der Waals surface area contributed by atoms with Crippen molar-refractivity contribution in [3.05, 3.63) is 80.4 Å². The number of para-hydroxylation sites is 1. The van der Waals surface area contributed by atoms with Crippen LogP contribution >= 0.6 is 0 Å². The number of rotatable bonds is 6. The van der Waals surface area contributed by atoms with Crippen molar-refractivity contribution in [1.82, 2.24) is 15.3 Å². The van der Waals surface area contributed by atoms with E-state index in [0.717, 1.165) is 6.07 Å². The van der Waals surface area contributed by atoms with E-state index in [9.17, 15) is 24.5 Å². The van der Waals surface area contributed by atoms with Gasteiger partial charge in [0, 0.05) is 17.7 Å². The highest BCUT2D eigenvalue weighted by atomic mass is 16.6. The first kappa shape index (κ1) is 19.7. The van der Waals surface area contributed by atoms with E-state index in [2.05, 4.69) is 15.3 Å². The lowest BCUT2D eigenvalue weighted by molar-refractivity contribution is -0.384. The van der Waals surface area contributed by atoms with Gasteiger partial charge in [0.1, 0.15) is 6.54 Å². The molecule has 3 aromatic rings. The Morgan fingerprint density at radius 3 is 2.76 bits per heavy atom. The number of amides is 1. The smallest absolute Gasteiger partial charge is 0.326 e. The third-order valence-electron chi connectivity index (χ3n) is 4.04. The maximum atomic E-state index is 12.1. The molecule has 1 atom stereocenters. The third-order valence-corrected chi connectivity index (χ3v) is 4.04. The van der Waals surface area contributed by atoms with Crippen LogP contribution in [-0.2, 0) is 9.53 Å². The van der Waals surface area contributed by atoms with Gasteiger partial charge in [0.2, 0.25) is 0 Å². The van der Waals surface area contributed by atoms with Crippen molar-refractivity contribution in [2.45, 2.75) is 13.0 Å². The van der Waals surface area contributed by atoms with Crippen LogP contribution in [0.15, 0.2) is 53.3 Å². The number of nitro groups is 1. The second-order valence-corrected chi connectivity index (χ2v) is 6.09. The quantitative estimate of drug-likeness (QED) is 0.367. The second kappa shape index (κ2) is 8.30. The number of benzene rings is 2. The van der Waals surface area contributed by atoms with Gasteiger partial charge in [0.05, 0.1) is 15.8 Å². The van der Waals surface area contributed by atoms with Gasteiger partial charge in [0.15, 0.2) is 11.9 Å². The summed E-state index contributed by atoms with van der Waals surface area (Å²) in [4.78, 5) is 53.2. The number of H-pyrrole nitrogens is 1. The maximum Gasteiger partial charge on any atom is 0.326 e. The predicted octanol–water partition coefficient (Wildman–Crippen LogP) is 1.87. The number of ether oxygens (including phenoxy) is 1. The number of non-ortho nitro benzene ring substituents is 1. The Hall–Kier alpha value is -4.08. The first-order valence-corrected chi connectivity index (χ1v) is 8.56. The van der Waals surface area contributed by atoms with Gasteiger partial charge in [-0.05, 0) is 25.1 Å². The number of aromatic nitrogens is 2. The molecule has 2 aromatic carbocycles. The average Bonchev–Trinajstić information content (AvgIpc) is 2.72. The molecule has 1 aromatic heterocycles. The molecule has 148 valence electrons. The Morgan fingerprint density at radius 1 is 1.24 bits per heavy atom. The molecule has 0 saturated heterocycles. The highest BCUT2D eigenvalue weighted by Crippen LogP contribution is 2.15. The number of carbonyl (C=O) groups excluding carboxylic acids is 2. The van der Waals surface area contributed by atoms with Gasteiger partial charge in [-0.25, -0.2) is 4.98 Å². The lowest BCUT2D eigenvalue weighted by atomic mass is 10.2. The zero-order chi connectivity index (χ0) is 21.0. The highest BCUT2D eigenvalue weighted by molar-refractivity contribution is 5.96. The zero-order valence-corrected chi connectivity index (χ0v) is 15.2. The topological polar surface area (TPSA) is 144 Å². The van der Waals surface area contributed by atoms with Gasteiger partial charge >= 0.3 is 5.97 Å². The summed E-state index contributed by atoms with van der Waals surface area (Å²) < 4.78 is 5.19. The van der Waals surface area contributed by atoms with E-state index in [4.69, 9.17) is 4.74 Å². The minimum absolute atomic E-state index is 0.0422. The van der Waals surface area contributed by atoms with Gasteiger partial charge in [-0.1, -0.05) is 18.2 Å². The molecule has 0 unspecified atom stereocenters. The van der Waals surface area contributed by atoms with E-state index >= 15 is 0 Å². The summed E-state index contributed by atoms with van der Waals surface area (Å²) in [6.45, 7) is 1.08. The molecule has 1 amide bonds. The number of esters is 1. The lowest BCUT2D eigenvalue weighted by Gasteiger charge is -2.13. The van der Waals surface area contributed by atoms with E-state index in [1.165, 1.54) is 25.1 Å². The fourth-order valence-electron chi connectivity index (χ4n) is 2.61. The number of nitrogens with zero attached hydrogens (tertiary/aromatic N) is 2. The number of nitro benzene ring substituents is 1. The normalized spacial score (nSPS) is 11.6. The molecule has 0 aliphatic carbocycles. The Labute approximate surface area is 163 Å². The fraction of sp³-hybridized carbons (Fsp3) is 0.158. The van der Waals surface area contributed by atoms with Crippen LogP contribution in [-0.4, -0.2) is 33.3 Å². The van der Waals surface area contributed by atoms with Crippen molar-refractivity contribution < 1.29 is 19.2 Å². The molecule has 0 spiro atoms. The molecule has 0 saturated carbocycles. The Morgan fingerprint density at radius 2 is 2.00 bits per heavy atom. The number of carbonyl (C=O) groups is 2. The first-order chi connectivity index (χ1) is 13.8. The highest BCUT2D eigenvalue weighted by Gasteiger charge is 2.17. The zero-order valence-electron chi connectivity index (χ0n) is 15.2. The van der Waals surface area contributed by atoms with Crippen molar-refractivity contribution in [2.75, 3.05) is 6.54 Å². The molecule has 10 nitrogen and oxygen atoms in total. The lowest BCUT2D eigenvalue weighted by Crippen LogP contribution is -2.31. The Kier molecular flexibility index (Phi) is 5.63. The standard InChI is InChI=1S/C19H16N4O6/c1-11(17-21-15-8-3-2-7-14(15)19(26)22-17)29-16(24)10-20-18(25)12-5-4-6-13(9-12)23(27)28/h2-9,11H,10H2,1H3,(H,20,25)(H,21,22,26)/t11-/m1/s1. The summed E-state index contributed by atoms with van der Waals surface area (Å²) in [5.74, 6) is -1.24. The SMILES string of the molecule is C[C@@H](OC(=O)CNC(=O)c1cccc([N+](=O)[O-])c1)c1nc2ccccc2c(=O)[nH]1. The van der Waals surface area contributed by atoms with E-state index in [1.807, 2.05) is 0 Å². The predicted molar refractivity (Wildman–Crippen MR) is 102 cm³/mol. The summed E-state index contributed by atoms with van der Waals surface area (Å²) in [5.41, 5.74) is -0.0821. The van der Waals surface area contributed by atoms with Crippen molar-refractivity contribution in [2.24, 2.45) is 0 Å². The molecule has 0 aliphatic heterocycles. The summed E-state index contributed by atoms with van der Waals surface area (Å²) in [5, 5.41) is 13.5. The van der Waals surface area contributed by atoms with Gasteiger partial charge < -0.3 is 15.0 Å². The number of fused-ring (bicyclic) bond motifs is 1. The van der Waals surface area contributed by atoms with Crippen LogP contribution in [0.5, 0.6) is 0 Å². The molecule has 29 heavy (non-hydrogen) atoms. The minimum atomic E-state index is -0.852. The second-order valence-electron chi connectivity index (χ2n) is 6.09. The fourth-order valence-corrected chi connectivity index (χ4v) is 2.61. The summed E-state index contributed by atoms with van der Waals surface area (Å²) in [6.07, 6.45) is -0.852. The molecule has 3 rings (SSSR count). The van der Waals surface area contributed by atoms with Crippen molar-refractivity contribution in [3.8, 4) is 0 Å². The van der Waals surface area contributed by atoms with E-state index in [1.54, 1.807) is 24.3 Å². The molecule has 0 radical (unpaired) electrons. The van der Waals surface area contributed by atoms with Gasteiger partial charge in [-0.2, -0.15) is 0 Å². The van der Waals surface area contributed by atoms with Crippen LogP contribution < -0.4 is 10.9 Å². The van der Waals surface area contributed by atoms with Crippen molar-refractivity contribution >= 4 is 28.5 Å². The first-order valence-electron chi connectivity index (χ1n) is 8.56. The molecule has 0 bridgehead atoms. The Bertz CT molecular complexity index is 1160. The van der Waals surface area contributed by atoms with Crippen LogP contribution in [0, 0.1) is 10.1 Å². The number of nitrogens with one attached hydrogen (secondary N) is 2. The monoisotopic (exact) mass is 396 g/mol. The van der Waals surface area contributed by atoms with Crippen LogP contribution in [0.25, 0.3) is 10.9 Å². The number of aromatic amines is 1. The Balaban J connectivity index is 1.62. The van der Waals surface area contributed by atoms with Crippen LogP contribution in [0.3, 0.4) is 0 Å². The third kappa shape index (κ3) is 4.61. The largest absolute Gasteiger partial charge is 0.453 e. The summed E-state index contributed by atoms with van der Waals surface area (Å²) in [6, 6.07) is 11.9. The van der Waals surface area contributed by atoms with Gasteiger partial charge in [0.25, 0.3) is 17.2 Å². The summed E-state index contributed by atoms with van der Waals surface area (Å²) in [7, 11) is 0. The maximum absolute atomic E-state index is 12.1. The van der Waals surface area contributed by atoms with Crippen LogP contribution in [0.4, 0.5) is 5.69 Å².